The van der Waals surface area contributed by atoms with E-state index in [4.69, 9.17) is 4.74 Å². The van der Waals surface area contributed by atoms with Crippen LogP contribution in [-0.4, -0.2) is 72.9 Å². The van der Waals surface area contributed by atoms with Crippen LogP contribution in [0.25, 0.3) is 0 Å². The first kappa shape index (κ1) is 27.3. The van der Waals surface area contributed by atoms with Gasteiger partial charge in [-0.2, -0.15) is 0 Å². The van der Waals surface area contributed by atoms with Gasteiger partial charge in [0, 0.05) is 17.3 Å². The van der Waals surface area contributed by atoms with Crippen molar-refractivity contribution in [2.75, 3.05) is 0 Å². The van der Waals surface area contributed by atoms with E-state index in [9.17, 15) is 35.1 Å². The van der Waals surface area contributed by atoms with Gasteiger partial charge in [-0.3, -0.25) is 9.59 Å². The van der Waals surface area contributed by atoms with Crippen LogP contribution < -0.4 is 0 Å². The van der Waals surface area contributed by atoms with E-state index in [1.807, 2.05) is 13.8 Å². The SMILES string of the molecule is CC(O)C1CC(C(C)(O)C2CCC3(O)C4=CC(=O)[C@@H]5C[C@@H](O)[C@@H](O)C[C@]5(C)C4CC[C@]23C)OC(=O)C1C. The first-order valence-corrected chi connectivity index (χ1v) is 14.0. The highest BCUT2D eigenvalue weighted by molar-refractivity contribution is 5.95. The fourth-order valence-electron chi connectivity index (χ4n) is 9.43. The second-order valence-corrected chi connectivity index (χ2v) is 13.7. The summed E-state index contributed by atoms with van der Waals surface area (Å²) in [5.74, 6) is -2.22. The number of carbonyl (C=O) groups excluding carboxylic acids is 2. The molecular weight excluding hydrogens is 476 g/mol. The van der Waals surface area contributed by atoms with Crippen LogP contribution in [0.15, 0.2) is 11.6 Å². The molecule has 37 heavy (non-hydrogen) atoms. The molecule has 0 aromatic rings. The Labute approximate surface area is 219 Å². The summed E-state index contributed by atoms with van der Waals surface area (Å²) in [4.78, 5) is 26.0. The lowest BCUT2D eigenvalue weighted by Gasteiger charge is -2.61. The Hall–Kier alpha value is -1.32. The molecule has 8 nitrogen and oxygen atoms in total. The lowest BCUT2D eigenvalue weighted by molar-refractivity contribution is -0.210. The summed E-state index contributed by atoms with van der Waals surface area (Å²) in [6.07, 6.45) is 1.29. The Balaban J connectivity index is 1.48. The maximum Gasteiger partial charge on any atom is 0.309 e. The minimum Gasteiger partial charge on any atom is -0.459 e. The maximum atomic E-state index is 13.4. The number of ketones is 1. The van der Waals surface area contributed by atoms with Gasteiger partial charge in [-0.25, -0.2) is 0 Å². The quantitative estimate of drug-likeness (QED) is 0.355. The largest absolute Gasteiger partial charge is 0.459 e. The zero-order valence-corrected chi connectivity index (χ0v) is 22.7. The summed E-state index contributed by atoms with van der Waals surface area (Å²) in [6.45, 7) is 9.07. The smallest absolute Gasteiger partial charge is 0.309 e. The number of carbonyl (C=O) groups is 2. The van der Waals surface area contributed by atoms with Crippen molar-refractivity contribution in [1.82, 2.24) is 0 Å². The topological polar surface area (TPSA) is 145 Å². The van der Waals surface area contributed by atoms with Gasteiger partial charge in [0.15, 0.2) is 5.78 Å². The number of hydrogen-bond acceptors (Lipinski definition) is 8. The van der Waals surface area contributed by atoms with E-state index in [-0.39, 0.29) is 24.0 Å². The van der Waals surface area contributed by atoms with E-state index in [1.54, 1.807) is 26.8 Å². The Bertz CT molecular complexity index is 1000. The number of allylic oxidation sites excluding steroid dienone is 1. The number of rotatable bonds is 3. The number of hydrogen-bond donors (Lipinski definition) is 5. The molecule has 0 radical (unpaired) electrons. The standard InChI is InChI=1S/C29H44O8/c1-14-16(15(2)30)10-24(37-25(14)34)28(5,35)23-7-9-29(36)18-11-20(31)19-12-21(32)22(33)13-26(19,3)17(18)6-8-27(23,29)4/h11,14-17,19,21-24,30,32-33,35-36H,6-10,12-13H2,1-5H3/t14?,15?,16?,17?,19-,21+,22-,23?,24?,26+,27+,28?,29?/m0/s1. The summed E-state index contributed by atoms with van der Waals surface area (Å²) >= 11 is 0. The van der Waals surface area contributed by atoms with Crippen molar-refractivity contribution in [3.05, 3.63) is 11.6 Å². The minimum atomic E-state index is -1.44. The molecular formula is C29H44O8. The van der Waals surface area contributed by atoms with Gasteiger partial charge in [-0.1, -0.05) is 20.8 Å². The average molecular weight is 521 g/mol. The molecule has 8 unspecified atom stereocenters. The number of fused-ring (bicyclic) bond motifs is 5. The molecule has 5 rings (SSSR count). The lowest BCUT2D eigenvalue weighted by atomic mass is 9.45. The summed E-state index contributed by atoms with van der Waals surface area (Å²) in [6, 6.07) is 0. The molecule has 3 saturated carbocycles. The molecule has 208 valence electrons. The second kappa shape index (κ2) is 8.59. The van der Waals surface area contributed by atoms with Gasteiger partial charge in [0.2, 0.25) is 0 Å². The minimum absolute atomic E-state index is 0.105. The van der Waals surface area contributed by atoms with Gasteiger partial charge in [0.05, 0.1) is 29.8 Å². The van der Waals surface area contributed by atoms with E-state index in [0.717, 1.165) is 0 Å². The average Bonchev–Trinajstić information content (AvgIpc) is 3.09. The summed E-state index contributed by atoms with van der Waals surface area (Å²) in [5, 5.41) is 55.5. The summed E-state index contributed by atoms with van der Waals surface area (Å²) in [7, 11) is 0. The highest BCUT2D eigenvalue weighted by atomic mass is 16.6. The van der Waals surface area contributed by atoms with Crippen molar-refractivity contribution in [3.63, 3.8) is 0 Å². The van der Waals surface area contributed by atoms with Gasteiger partial charge >= 0.3 is 5.97 Å². The van der Waals surface area contributed by atoms with E-state index in [2.05, 4.69) is 0 Å². The molecule has 4 fully saturated rings. The van der Waals surface area contributed by atoms with Crippen molar-refractivity contribution in [2.24, 2.45) is 40.4 Å². The van der Waals surface area contributed by atoms with Crippen LogP contribution in [0, 0.1) is 40.4 Å². The Morgan fingerprint density at radius 2 is 1.76 bits per heavy atom. The second-order valence-electron chi connectivity index (χ2n) is 13.7. The predicted octanol–water partition coefficient (Wildman–Crippen LogP) is 1.89. The summed E-state index contributed by atoms with van der Waals surface area (Å²) < 4.78 is 5.74. The molecule has 5 N–H and O–H groups in total. The molecule has 8 heteroatoms. The predicted molar refractivity (Wildman–Crippen MR) is 134 cm³/mol. The zero-order valence-electron chi connectivity index (χ0n) is 22.7. The number of esters is 1. The molecule has 4 aliphatic carbocycles. The van der Waals surface area contributed by atoms with Crippen LogP contribution in [0.5, 0.6) is 0 Å². The third-order valence-electron chi connectivity index (χ3n) is 11.9. The molecule has 1 aliphatic heterocycles. The Kier molecular flexibility index (Phi) is 6.33. The van der Waals surface area contributed by atoms with Crippen LogP contribution in [0.1, 0.15) is 79.6 Å². The Morgan fingerprint density at radius 1 is 1.08 bits per heavy atom. The van der Waals surface area contributed by atoms with Crippen molar-refractivity contribution >= 4 is 11.8 Å². The molecule has 1 heterocycles. The molecule has 0 spiro atoms. The Morgan fingerprint density at radius 3 is 2.41 bits per heavy atom. The van der Waals surface area contributed by atoms with Crippen molar-refractivity contribution in [2.45, 2.75) is 115 Å². The molecule has 0 bridgehead atoms. The van der Waals surface area contributed by atoms with E-state index in [1.165, 1.54) is 0 Å². The van der Waals surface area contributed by atoms with Crippen LogP contribution in [-0.2, 0) is 14.3 Å². The van der Waals surface area contributed by atoms with Crippen molar-refractivity contribution in [3.8, 4) is 0 Å². The van der Waals surface area contributed by atoms with Gasteiger partial charge in [-0.15, -0.1) is 0 Å². The molecule has 0 amide bonds. The molecule has 0 aromatic carbocycles. The van der Waals surface area contributed by atoms with E-state index < -0.39 is 70.2 Å². The lowest BCUT2D eigenvalue weighted by Crippen LogP contribution is -2.63. The first-order chi connectivity index (χ1) is 17.1. The fraction of sp³-hybridized carbons (Fsp3) is 0.862. The zero-order chi connectivity index (χ0) is 27.3. The third-order valence-corrected chi connectivity index (χ3v) is 11.9. The van der Waals surface area contributed by atoms with Gasteiger partial charge in [0.1, 0.15) is 11.7 Å². The highest BCUT2D eigenvalue weighted by Gasteiger charge is 2.69. The van der Waals surface area contributed by atoms with Crippen LogP contribution in [0.2, 0.25) is 0 Å². The number of aliphatic hydroxyl groups excluding tert-OH is 3. The van der Waals surface area contributed by atoms with Crippen LogP contribution in [0.3, 0.4) is 0 Å². The maximum absolute atomic E-state index is 13.4. The fourth-order valence-corrected chi connectivity index (χ4v) is 9.43. The number of cyclic esters (lactones) is 1. The summed E-state index contributed by atoms with van der Waals surface area (Å²) in [5.41, 5.74) is -3.37. The van der Waals surface area contributed by atoms with Crippen molar-refractivity contribution < 1.29 is 39.9 Å². The van der Waals surface area contributed by atoms with E-state index >= 15 is 0 Å². The molecule has 1 saturated heterocycles. The van der Waals surface area contributed by atoms with E-state index in [0.29, 0.717) is 44.1 Å². The molecule has 13 atom stereocenters. The van der Waals surface area contributed by atoms with Crippen LogP contribution in [0.4, 0.5) is 0 Å². The molecule has 0 aromatic heterocycles. The normalized spacial score (nSPS) is 52.2. The monoisotopic (exact) mass is 520 g/mol. The number of ether oxygens (including phenoxy) is 1. The first-order valence-electron chi connectivity index (χ1n) is 14.0. The highest BCUT2D eigenvalue weighted by Crippen LogP contribution is 2.68. The van der Waals surface area contributed by atoms with Gasteiger partial charge < -0.3 is 30.3 Å². The van der Waals surface area contributed by atoms with Gasteiger partial charge in [-0.05, 0) is 87.7 Å². The third kappa shape index (κ3) is 3.65. The van der Waals surface area contributed by atoms with Crippen LogP contribution >= 0.6 is 0 Å². The van der Waals surface area contributed by atoms with Gasteiger partial charge in [0.25, 0.3) is 0 Å². The number of aliphatic hydroxyl groups is 5. The van der Waals surface area contributed by atoms with Crippen molar-refractivity contribution in [1.29, 1.82) is 0 Å². The molecule has 5 aliphatic rings.